The van der Waals surface area contributed by atoms with Crippen molar-refractivity contribution >= 4 is 15.9 Å². The van der Waals surface area contributed by atoms with Gasteiger partial charge in [0.25, 0.3) is 0 Å². The molecule has 0 aliphatic carbocycles. The molecule has 0 aromatic carbocycles. The summed E-state index contributed by atoms with van der Waals surface area (Å²) in [5, 5.41) is 8.04. The van der Waals surface area contributed by atoms with E-state index in [-0.39, 0.29) is 0 Å². The van der Waals surface area contributed by atoms with Gasteiger partial charge in [-0.25, -0.2) is 0 Å². The van der Waals surface area contributed by atoms with Crippen molar-refractivity contribution in [2.24, 2.45) is 0 Å². The van der Waals surface area contributed by atoms with Crippen molar-refractivity contribution in [2.45, 2.75) is 46.2 Å². The van der Waals surface area contributed by atoms with Crippen LogP contribution in [0.1, 0.15) is 31.7 Å². The Morgan fingerprint density at radius 2 is 2.17 bits per heavy atom. The van der Waals surface area contributed by atoms with E-state index in [0.29, 0.717) is 6.04 Å². The molecule has 1 aromatic heterocycles. The third kappa shape index (κ3) is 4.07. The molecule has 0 spiro atoms. The van der Waals surface area contributed by atoms with Gasteiger partial charge >= 0.3 is 0 Å². The first-order valence-corrected chi connectivity index (χ1v) is 7.37. The summed E-state index contributed by atoms with van der Waals surface area (Å²) in [4.78, 5) is 0. The molecule has 0 radical (unpaired) electrons. The minimum Gasteiger partial charge on any atom is -0.383 e. The van der Waals surface area contributed by atoms with Gasteiger partial charge in [0.15, 0.2) is 0 Å². The van der Waals surface area contributed by atoms with Crippen molar-refractivity contribution in [2.75, 3.05) is 20.3 Å². The Hall–Kier alpha value is -0.390. The highest BCUT2D eigenvalue weighted by Gasteiger charge is 2.17. The van der Waals surface area contributed by atoms with Crippen LogP contribution in [0, 0.1) is 6.92 Å². The molecule has 1 N–H and O–H groups in total. The van der Waals surface area contributed by atoms with Crippen molar-refractivity contribution in [1.29, 1.82) is 0 Å². The third-order valence-electron chi connectivity index (χ3n) is 2.94. The van der Waals surface area contributed by atoms with Gasteiger partial charge in [-0.3, -0.25) is 4.68 Å². The van der Waals surface area contributed by atoms with Crippen LogP contribution in [0.2, 0.25) is 0 Å². The molecule has 0 aliphatic rings. The minimum absolute atomic E-state index is 0.340. The SMILES string of the molecule is CCCNC(COC)Cc1c(Br)c(C)nn1CC. The number of aryl methyl sites for hydroxylation is 2. The zero-order chi connectivity index (χ0) is 13.5. The van der Waals surface area contributed by atoms with E-state index in [0.717, 1.165) is 42.7 Å². The molecule has 0 bridgehead atoms. The van der Waals surface area contributed by atoms with E-state index in [1.54, 1.807) is 7.11 Å². The average Bonchev–Trinajstić information content (AvgIpc) is 2.63. The Labute approximate surface area is 118 Å². The Balaban J connectivity index is 2.78. The maximum atomic E-state index is 5.29. The lowest BCUT2D eigenvalue weighted by Gasteiger charge is -2.18. The standard InChI is InChI=1S/C13H24BrN3O/c1-5-7-15-11(9-18-4)8-12-13(14)10(3)16-17(12)6-2/h11,15H,5-9H2,1-4H3. The zero-order valence-electron chi connectivity index (χ0n) is 11.8. The number of hydrogen-bond acceptors (Lipinski definition) is 3. The van der Waals surface area contributed by atoms with Gasteiger partial charge in [-0.1, -0.05) is 6.92 Å². The summed E-state index contributed by atoms with van der Waals surface area (Å²) in [5.41, 5.74) is 2.30. The van der Waals surface area contributed by atoms with E-state index < -0.39 is 0 Å². The summed E-state index contributed by atoms with van der Waals surface area (Å²) in [5.74, 6) is 0. The zero-order valence-corrected chi connectivity index (χ0v) is 13.4. The van der Waals surface area contributed by atoms with Crippen LogP contribution in [0.5, 0.6) is 0 Å². The smallest absolute Gasteiger partial charge is 0.0738 e. The molecular formula is C13H24BrN3O. The topological polar surface area (TPSA) is 39.1 Å². The fraction of sp³-hybridized carbons (Fsp3) is 0.769. The summed E-state index contributed by atoms with van der Waals surface area (Å²) >= 11 is 3.64. The van der Waals surface area contributed by atoms with Crippen molar-refractivity contribution in [3.8, 4) is 0 Å². The number of halogens is 1. The molecule has 1 aromatic rings. The molecule has 104 valence electrons. The van der Waals surface area contributed by atoms with Gasteiger partial charge in [0.05, 0.1) is 22.5 Å². The van der Waals surface area contributed by atoms with Gasteiger partial charge in [0.2, 0.25) is 0 Å². The summed E-state index contributed by atoms with van der Waals surface area (Å²) < 4.78 is 8.48. The quantitative estimate of drug-likeness (QED) is 0.800. The van der Waals surface area contributed by atoms with E-state index in [1.807, 2.05) is 6.92 Å². The largest absolute Gasteiger partial charge is 0.383 e. The highest BCUT2D eigenvalue weighted by molar-refractivity contribution is 9.10. The molecule has 0 saturated heterocycles. The van der Waals surface area contributed by atoms with Gasteiger partial charge < -0.3 is 10.1 Å². The molecule has 0 amide bonds. The molecule has 0 fully saturated rings. The van der Waals surface area contributed by atoms with E-state index in [1.165, 1.54) is 5.69 Å². The first-order chi connectivity index (χ1) is 8.63. The van der Waals surface area contributed by atoms with Crippen LogP contribution in [0.25, 0.3) is 0 Å². The Kier molecular flexibility index (Phi) is 6.89. The number of methoxy groups -OCH3 is 1. The van der Waals surface area contributed by atoms with Gasteiger partial charge in [-0.15, -0.1) is 0 Å². The second-order valence-corrected chi connectivity index (χ2v) is 5.27. The molecule has 0 saturated carbocycles. The Morgan fingerprint density at radius 1 is 1.44 bits per heavy atom. The van der Waals surface area contributed by atoms with Gasteiger partial charge in [0.1, 0.15) is 0 Å². The fourth-order valence-electron chi connectivity index (χ4n) is 2.04. The predicted octanol–water partition coefficient (Wildman–Crippen LogP) is 2.53. The molecule has 1 unspecified atom stereocenters. The summed E-state index contributed by atoms with van der Waals surface area (Å²) in [7, 11) is 1.75. The number of ether oxygens (including phenoxy) is 1. The average molecular weight is 318 g/mol. The van der Waals surface area contributed by atoms with Gasteiger partial charge in [0, 0.05) is 26.1 Å². The number of hydrogen-bond donors (Lipinski definition) is 1. The lowest BCUT2D eigenvalue weighted by Crippen LogP contribution is -2.36. The van der Waals surface area contributed by atoms with Gasteiger partial charge in [-0.2, -0.15) is 5.10 Å². The molecular weight excluding hydrogens is 294 g/mol. The van der Waals surface area contributed by atoms with E-state index in [2.05, 4.69) is 44.9 Å². The fourth-order valence-corrected chi connectivity index (χ4v) is 2.48. The maximum Gasteiger partial charge on any atom is 0.0738 e. The lowest BCUT2D eigenvalue weighted by atomic mass is 10.1. The molecule has 4 nitrogen and oxygen atoms in total. The number of nitrogens with one attached hydrogen (secondary N) is 1. The Morgan fingerprint density at radius 3 is 2.72 bits per heavy atom. The molecule has 0 aliphatic heterocycles. The van der Waals surface area contributed by atoms with Crippen molar-refractivity contribution in [1.82, 2.24) is 15.1 Å². The normalized spacial score (nSPS) is 12.9. The summed E-state index contributed by atoms with van der Waals surface area (Å²) in [6, 6.07) is 0.340. The van der Waals surface area contributed by atoms with Gasteiger partial charge in [-0.05, 0) is 42.7 Å². The van der Waals surface area contributed by atoms with E-state index >= 15 is 0 Å². The van der Waals surface area contributed by atoms with E-state index in [9.17, 15) is 0 Å². The number of aromatic nitrogens is 2. The highest BCUT2D eigenvalue weighted by atomic mass is 79.9. The summed E-state index contributed by atoms with van der Waals surface area (Å²) in [6.45, 7) is 8.96. The van der Waals surface area contributed by atoms with Crippen molar-refractivity contribution in [3.05, 3.63) is 15.9 Å². The predicted molar refractivity (Wildman–Crippen MR) is 78.0 cm³/mol. The van der Waals surface area contributed by atoms with Crippen LogP contribution in [0.3, 0.4) is 0 Å². The number of rotatable bonds is 8. The summed E-state index contributed by atoms with van der Waals surface area (Å²) in [6.07, 6.45) is 2.07. The van der Waals surface area contributed by atoms with E-state index in [4.69, 9.17) is 4.74 Å². The number of nitrogens with zero attached hydrogens (tertiary/aromatic N) is 2. The molecule has 1 rings (SSSR count). The first-order valence-electron chi connectivity index (χ1n) is 6.58. The first kappa shape index (κ1) is 15.7. The van der Waals surface area contributed by atoms with Crippen LogP contribution >= 0.6 is 15.9 Å². The maximum absolute atomic E-state index is 5.29. The molecule has 1 atom stereocenters. The van der Waals surface area contributed by atoms with Crippen LogP contribution in [-0.4, -0.2) is 36.1 Å². The lowest BCUT2D eigenvalue weighted by molar-refractivity contribution is 0.165. The minimum atomic E-state index is 0.340. The molecule has 18 heavy (non-hydrogen) atoms. The highest BCUT2D eigenvalue weighted by Crippen LogP contribution is 2.22. The monoisotopic (exact) mass is 317 g/mol. The van der Waals surface area contributed by atoms with Crippen molar-refractivity contribution < 1.29 is 4.74 Å². The second kappa shape index (κ2) is 7.92. The van der Waals surface area contributed by atoms with Crippen LogP contribution in [-0.2, 0) is 17.7 Å². The second-order valence-electron chi connectivity index (χ2n) is 4.47. The van der Waals surface area contributed by atoms with Crippen LogP contribution < -0.4 is 5.32 Å². The van der Waals surface area contributed by atoms with Crippen LogP contribution in [0.4, 0.5) is 0 Å². The van der Waals surface area contributed by atoms with Crippen molar-refractivity contribution in [3.63, 3.8) is 0 Å². The Bertz CT molecular complexity index is 365. The molecule has 1 heterocycles. The molecule has 5 heteroatoms. The third-order valence-corrected chi connectivity index (χ3v) is 3.97. The van der Waals surface area contributed by atoms with Crippen LogP contribution in [0.15, 0.2) is 4.47 Å².